The number of halogens is 2. The van der Waals surface area contributed by atoms with E-state index in [1.165, 1.54) is 11.8 Å². The van der Waals surface area contributed by atoms with Crippen LogP contribution in [0.25, 0.3) is 0 Å². The van der Waals surface area contributed by atoms with Gasteiger partial charge in [-0.2, -0.15) is 5.10 Å². The van der Waals surface area contributed by atoms with Crippen LogP contribution in [-0.4, -0.2) is 11.0 Å². The number of para-hydroxylation sites is 1. The standard InChI is InChI=1S/C22H15Cl2N3OS/c23-17-10-6-11-18(24)15(17)13-27-19-12-5-4-9-16(19)22(21(27)28)26-25-20(29-22)14-7-2-1-3-8-14/h1-12,26H,13H2/t22-/m1/s1. The maximum atomic E-state index is 13.7. The molecule has 0 radical (unpaired) electrons. The highest BCUT2D eigenvalue weighted by molar-refractivity contribution is 8.16. The van der Waals surface area contributed by atoms with Gasteiger partial charge in [-0.15, -0.1) is 0 Å². The van der Waals surface area contributed by atoms with Crippen molar-refractivity contribution in [1.82, 2.24) is 5.43 Å². The van der Waals surface area contributed by atoms with Crippen molar-refractivity contribution in [1.29, 1.82) is 0 Å². The molecule has 1 spiro atoms. The molecule has 2 aliphatic heterocycles. The normalized spacial score (nSPS) is 20.0. The summed E-state index contributed by atoms with van der Waals surface area (Å²) in [6.45, 7) is 0.291. The molecule has 0 saturated carbocycles. The van der Waals surface area contributed by atoms with E-state index in [0.717, 1.165) is 27.4 Å². The second kappa shape index (κ2) is 7.10. The number of carbonyl (C=O) groups is 1. The van der Waals surface area contributed by atoms with E-state index in [2.05, 4.69) is 10.5 Å². The zero-order valence-electron chi connectivity index (χ0n) is 15.1. The summed E-state index contributed by atoms with van der Waals surface area (Å²) in [4.78, 5) is 14.4. The molecule has 144 valence electrons. The average molecular weight is 440 g/mol. The maximum Gasteiger partial charge on any atom is 0.270 e. The van der Waals surface area contributed by atoms with E-state index in [0.29, 0.717) is 16.6 Å². The Bertz CT molecular complexity index is 1130. The molecular weight excluding hydrogens is 425 g/mol. The molecule has 1 atom stereocenters. The summed E-state index contributed by atoms with van der Waals surface area (Å²) in [5, 5.41) is 6.36. The fourth-order valence-electron chi connectivity index (χ4n) is 3.65. The monoisotopic (exact) mass is 439 g/mol. The number of anilines is 1. The van der Waals surface area contributed by atoms with Crippen molar-refractivity contribution >= 4 is 51.6 Å². The van der Waals surface area contributed by atoms with E-state index in [9.17, 15) is 4.79 Å². The summed E-state index contributed by atoms with van der Waals surface area (Å²) in [5.41, 5.74) is 6.54. The first-order valence-electron chi connectivity index (χ1n) is 9.04. The number of hydrazone groups is 1. The van der Waals surface area contributed by atoms with Crippen molar-refractivity contribution < 1.29 is 4.79 Å². The van der Waals surface area contributed by atoms with Crippen LogP contribution in [-0.2, 0) is 16.2 Å². The number of hydrogen-bond acceptors (Lipinski definition) is 4. The van der Waals surface area contributed by atoms with Crippen molar-refractivity contribution in [2.24, 2.45) is 5.10 Å². The Morgan fingerprint density at radius 2 is 1.62 bits per heavy atom. The Kier molecular flexibility index (Phi) is 4.54. The van der Waals surface area contributed by atoms with Crippen molar-refractivity contribution in [3.05, 3.63) is 99.5 Å². The number of carbonyl (C=O) groups excluding carboxylic acids is 1. The first kappa shape index (κ1) is 18.6. The summed E-state index contributed by atoms with van der Waals surface area (Å²) in [5.74, 6) is -0.0885. The molecule has 0 saturated heterocycles. The predicted molar refractivity (Wildman–Crippen MR) is 119 cm³/mol. The Morgan fingerprint density at radius 3 is 2.38 bits per heavy atom. The van der Waals surface area contributed by atoms with Gasteiger partial charge in [0.2, 0.25) is 4.87 Å². The van der Waals surface area contributed by atoms with Gasteiger partial charge in [0.05, 0.1) is 12.2 Å². The Hall–Kier alpha value is -2.47. The van der Waals surface area contributed by atoms with Gasteiger partial charge >= 0.3 is 0 Å². The fourth-order valence-corrected chi connectivity index (χ4v) is 5.37. The molecule has 7 heteroatoms. The van der Waals surface area contributed by atoms with E-state index in [4.69, 9.17) is 23.2 Å². The number of hydrogen-bond donors (Lipinski definition) is 1. The van der Waals surface area contributed by atoms with Crippen LogP contribution >= 0.6 is 35.0 Å². The van der Waals surface area contributed by atoms with Gasteiger partial charge in [0.1, 0.15) is 5.04 Å². The molecule has 2 aliphatic rings. The number of rotatable bonds is 3. The van der Waals surface area contributed by atoms with Crippen molar-refractivity contribution in [3.63, 3.8) is 0 Å². The van der Waals surface area contributed by atoms with Gasteiger partial charge < -0.3 is 4.90 Å². The minimum atomic E-state index is -0.991. The van der Waals surface area contributed by atoms with Gasteiger partial charge in [-0.1, -0.05) is 89.6 Å². The van der Waals surface area contributed by atoms with Gasteiger partial charge in [0.25, 0.3) is 5.91 Å². The fraction of sp³-hybridized carbons (Fsp3) is 0.0909. The molecule has 3 aromatic rings. The molecule has 3 aromatic carbocycles. The van der Waals surface area contributed by atoms with Crippen LogP contribution in [0.2, 0.25) is 10.0 Å². The molecule has 1 N–H and O–H groups in total. The lowest BCUT2D eigenvalue weighted by molar-refractivity contribution is -0.121. The summed E-state index contributed by atoms with van der Waals surface area (Å²) in [6, 6.07) is 23.0. The van der Waals surface area contributed by atoms with Crippen LogP contribution in [0.15, 0.2) is 77.9 Å². The molecule has 0 fully saturated rings. The molecule has 0 aliphatic carbocycles. The molecular formula is C22H15Cl2N3OS. The van der Waals surface area contributed by atoms with Gasteiger partial charge in [-0.25, -0.2) is 0 Å². The van der Waals surface area contributed by atoms with Gasteiger partial charge in [-0.05, 0) is 18.2 Å². The zero-order chi connectivity index (χ0) is 20.0. The van der Waals surface area contributed by atoms with Crippen LogP contribution in [0.5, 0.6) is 0 Å². The number of fused-ring (bicyclic) bond motifs is 2. The summed E-state index contributed by atoms with van der Waals surface area (Å²) >= 11 is 14.2. The third kappa shape index (κ3) is 2.92. The lowest BCUT2D eigenvalue weighted by Gasteiger charge is -2.23. The molecule has 0 unspecified atom stereocenters. The quantitative estimate of drug-likeness (QED) is 0.594. The number of nitrogens with zero attached hydrogens (tertiary/aromatic N) is 2. The average Bonchev–Trinajstić information content (AvgIpc) is 3.29. The summed E-state index contributed by atoms with van der Waals surface area (Å²) < 4.78 is 0. The molecule has 29 heavy (non-hydrogen) atoms. The van der Waals surface area contributed by atoms with Crippen molar-refractivity contribution in [2.75, 3.05) is 4.90 Å². The number of nitrogens with one attached hydrogen (secondary N) is 1. The topological polar surface area (TPSA) is 44.7 Å². The van der Waals surface area contributed by atoms with Crippen LogP contribution in [0.1, 0.15) is 16.7 Å². The lowest BCUT2D eigenvalue weighted by atomic mass is 10.1. The zero-order valence-corrected chi connectivity index (χ0v) is 17.4. The van der Waals surface area contributed by atoms with E-state index in [-0.39, 0.29) is 5.91 Å². The van der Waals surface area contributed by atoms with Crippen LogP contribution in [0, 0.1) is 0 Å². The Balaban J connectivity index is 1.54. The third-order valence-electron chi connectivity index (χ3n) is 5.08. The number of amides is 1. The molecule has 2 heterocycles. The second-order valence-electron chi connectivity index (χ2n) is 6.79. The van der Waals surface area contributed by atoms with E-state index < -0.39 is 4.87 Å². The van der Waals surface area contributed by atoms with Crippen molar-refractivity contribution in [3.8, 4) is 0 Å². The van der Waals surface area contributed by atoms with E-state index >= 15 is 0 Å². The predicted octanol–water partition coefficient (Wildman–Crippen LogP) is 5.39. The molecule has 4 nitrogen and oxygen atoms in total. The van der Waals surface area contributed by atoms with E-state index in [1.54, 1.807) is 23.1 Å². The largest absolute Gasteiger partial charge is 0.304 e. The summed E-state index contributed by atoms with van der Waals surface area (Å²) in [6.07, 6.45) is 0. The number of thioether (sulfide) groups is 1. The smallest absolute Gasteiger partial charge is 0.270 e. The van der Waals surface area contributed by atoms with Crippen LogP contribution in [0.4, 0.5) is 5.69 Å². The first-order valence-corrected chi connectivity index (χ1v) is 10.6. The SMILES string of the molecule is O=C1N(Cc2c(Cl)cccc2Cl)c2ccccc2[C@]12NN=C(c1ccccc1)S2. The first-order chi connectivity index (χ1) is 14.1. The maximum absolute atomic E-state index is 13.7. The third-order valence-corrected chi connectivity index (χ3v) is 7.10. The highest BCUT2D eigenvalue weighted by Gasteiger charge is 2.55. The second-order valence-corrected chi connectivity index (χ2v) is 8.80. The Labute approximate surface area is 182 Å². The highest BCUT2D eigenvalue weighted by atomic mass is 35.5. The molecule has 0 bridgehead atoms. The van der Waals surface area contributed by atoms with Gasteiger partial charge in [-0.3, -0.25) is 10.2 Å². The van der Waals surface area contributed by atoms with Crippen molar-refractivity contribution in [2.45, 2.75) is 11.4 Å². The van der Waals surface area contributed by atoms with Crippen LogP contribution in [0.3, 0.4) is 0 Å². The minimum Gasteiger partial charge on any atom is -0.304 e. The molecule has 5 rings (SSSR count). The lowest BCUT2D eigenvalue weighted by Crippen LogP contribution is -2.44. The molecule has 0 aromatic heterocycles. The molecule has 1 amide bonds. The van der Waals surface area contributed by atoms with Crippen LogP contribution < -0.4 is 10.3 Å². The van der Waals surface area contributed by atoms with Gasteiger partial charge in [0, 0.05) is 26.7 Å². The minimum absolute atomic E-state index is 0.0885. The highest BCUT2D eigenvalue weighted by Crippen LogP contribution is 2.51. The summed E-state index contributed by atoms with van der Waals surface area (Å²) in [7, 11) is 0. The van der Waals surface area contributed by atoms with Gasteiger partial charge in [0.15, 0.2) is 0 Å². The van der Waals surface area contributed by atoms with E-state index in [1.807, 2.05) is 54.6 Å². The number of benzene rings is 3. The Morgan fingerprint density at radius 1 is 0.931 bits per heavy atom.